The Morgan fingerprint density at radius 1 is 1.38 bits per heavy atom. The fraction of sp³-hybridized carbons (Fsp3) is 0.550. The van der Waals surface area contributed by atoms with E-state index in [0.29, 0.717) is 6.61 Å². The minimum atomic E-state index is 0. The Balaban J connectivity index is 0.00000240. The van der Waals surface area contributed by atoms with Crippen LogP contribution in [-0.4, -0.2) is 54.1 Å². The number of methoxy groups -OCH3 is 1. The van der Waals surface area contributed by atoms with Gasteiger partial charge in [0.25, 0.3) is 0 Å². The van der Waals surface area contributed by atoms with Gasteiger partial charge in [0, 0.05) is 39.6 Å². The van der Waals surface area contributed by atoms with Crippen LogP contribution in [0.15, 0.2) is 23.2 Å². The van der Waals surface area contributed by atoms with E-state index in [9.17, 15) is 0 Å². The van der Waals surface area contributed by atoms with Crippen molar-refractivity contribution in [3.05, 3.63) is 41.0 Å². The Hall–Kier alpha value is -1.88. The van der Waals surface area contributed by atoms with E-state index < -0.39 is 0 Å². The molecule has 0 saturated heterocycles. The summed E-state index contributed by atoms with van der Waals surface area (Å²) < 4.78 is 12.7. The predicted molar refractivity (Wildman–Crippen MR) is 122 cm³/mol. The van der Waals surface area contributed by atoms with E-state index in [0.717, 1.165) is 68.7 Å². The number of rotatable bonds is 6. The Labute approximate surface area is 188 Å². The molecule has 0 amide bonds. The van der Waals surface area contributed by atoms with Gasteiger partial charge < -0.3 is 20.1 Å². The van der Waals surface area contributed by atoms with Crippen molar-refractivity contribution >= 4 is 29.9 Å². The first kappa shape index (κ1) is 21.8. The maximum absolute atomic E-state index is 5.57. The summed E-state index contributed by atoms with van der Waals surface area (Å²) in [6.45, 7) is 2.88. The first-order chi connectivity index (χ1) is 13.7. The molecule has 0 saturated carbocycles. The van der Waals surface area contributed by atoms with Gasteiger partial charge in [0.2, 0.25) is 0 Å². The molecule has 0 aliphatic carbocycles. The summed E-state index contributed by atoms with van der Waals surface area (Å²) in [5.74, 6) is 3.65. The first-order valence-electron chi connectivity index (χ1n) is 9.88. The number of aryl methyl sites for hydroxylation is 1. The molecule has 2 aliphatic rings. The highest BCUT2D eigenvalue weighted by Crippen LogP contribution is 2.25. The molecule has 8 nitrogen and oxygen atoms in total. The van der Waals surface area contributed by atoms with Crippen molar-refractivity contribution in [1.82, 2.24) is 25.4 Å². The van der Waals surface area contributed by atoms with Crippen molar-refractivity contribution in [1.29, 1.82) is 0 Å². The molecule has 0 radical (unpaired) electrons. The Morgan fingerprint density at radius 2 is 2.28 bits per heavy atom. The molecule has 1 atom stereocenters. The van der Waals surface area contributed by atoms with Crippen molar-refractivity contribution in [2.75, 3.05) is 27.3 Å². The van der Waals surface area contributed by atoms with Gasteiger partial charge in [-0.2, -0.15) is 5.10 Å². The molecule has 0 spiro atoms. The Bertz CT molecular complexity index is 853. The zero-order valence-corrected chi connectivity index (χ0v) is 19.3. The number of halogens is 1. The monoisotopic (exact) mass is 512 g/mol. The summed E-state index contributed by atoms with van der Waals surface area (Å²) in [5, 5.41) is 11.5. The third kappa shape index (κ3) is 5.39. The second-order valence-corrected chi connectivity index (χ2v) is 7.23. The van der Waals surface area contributed by atoms with Crippen molar-refractivity contribution < 1.29 is 9.47 Å². The van der Waals surface area contributed by atoms with Crippen LogP contribution in [0, 0.1) is 0 Å². The van der Waals surface area contributed by atoms with E-state index >= 15 is 0 Å². The average molecular weight is 512 g/mol. The summed E-state index contributed by atoms with van der Waals surface area (Å²) in [5.41, 5.74) is 2.64. The molecule has 2 N–H and O–H groups in total. The minimum Gasteiger partial charge on any atom is -0.493 e. The van der Waals surface area contributed by atoms with Crippen LogP contribution in [0.5, 0.6) is 5.75 Å². The fourth-order valence-corrected chi connectivity index (χ4v) is 3.78. The molecule has 158 valence electrons. The number of nitrogens with one attached hydrogen (secondary N) is 2. The lowest BCUT2D eigenvalue weighted by atomic mass is 10.1. The third-order valence-corrected chi connectivity index (χ3v) is 5.20. The van der Waals surface area contributed by atoms with Crippen molar-refractivity contribution in [3.63, 3.8) is 0 Å². The lowest BCUT2D eigenvalue weighted by Crippen LogP contribution is -2.47. The number of benzene rings is 1. The number of guanidine groups is 1. The molecule has 2 aliphatic heterocycles. The van der Waals surface area contributed by atoms with Crippen LogP contribution in [0.25, 0.3) is 0 Å². The number of fused-ring (bicyclic) bond motifs is 2. The first-order valence-corrected chi connectivity index (χ1v) is 9.88. The largest absolute Gasteiger partial charge is 0.493 e. The van der Waals surface area contributed by atoms with Gasteiger partial charge in [0.15, 0.2) is 11.8 Å². The molecule has 0 fully saturated rings. The number of hydrogen-bond acceptors (Lipinski definition) is 5. The molecule has 1 aromatic heterocycles. The second kappa shape index (κ2) is 10.2. The van der Waals surface area contributed by atoms with E-state index in [2.05, 4.69) is 43.9 Å². The molecular weight excluding hydrogens is 483 g/mol. The number of aromatic nitrogens is 3. The van der Waals surface area contributed by atoms with Crippen LogP contribution in [0.4, 0.5) is 0 Å². The smallest absolute Gasteiger partial charge is 0.191 e. The van der Waals surface area contributed by atoms with Gasteiger partial charge >= 0.3 is 0 Å². The zero-order chi connectivity index (χ0) is 19.3. The topological polar surface area (TPSA) is 85.6 Å². The number of nitrogens with zero attached hydrogens (tertiary/aromatic N) is 4. The Kier molecular flexibility index (Phi) is 7.70. The summed E-state index contributed by atoms with van der Waals surface area (Å²) in [6.07, 6.45) is 3.88. The highest BCUT2D eigenvalue weighted by Gasteiger charge is 2.22. The zero-order valence-electron chi connectivity index (χ0n) is 17.0. The quantitative estimate of drug-likeness (QED) is 0.348. The third-order valence-electron chi connectivity index (χ3n) is 5.20. The molecule has 9 heteroatoms. The van der Waals surface area contributed by atoms with E-state index in [1.165, 1.54) is 11.1 Å². The molecule has 29 heavy (non-hydrogen) atoms. The van der Waals surface area contributed by atoms with Gasteiger partial charge in [-0.3, -0.25) is 4.99 Å². The highest BCUT2D eigenvalue weighted by atomic mass is 127. The van der Waals surface area contributed by atoms with Crippen LogP contribution < -0.4 is 15.4 Å². The number of aliphatic imine (C=N–C) groups is 1. The predicted octanol–water partition coefficient (Wildman–Crippen LogP) is 1.70. The molecule has 3 heterocycles. The fourth-order valence-electron chi connectivity index (χ4n) is 3.78. The summed E-state index contributed by atoms with van der Waals surface area (Å²) in [6, 6.07) is 6.77. The van der Waals surface area contributed by atoms with Crippen LogP contribution in [0.2, 0.25) is 0 Å². The van der Waals surface area contributed by atoms with Crippen LogP contribution >= 0.6 is 24.0 Å². The van der Waals surface area contributed by atoms with Gasteiger partial charge in [-0.1, -0.05) is 12.1 Å². The van der Waals surface area contributed by atoms with Crippen molar-refractivity contribution in [3.8, 4) is 5.75 Å². The highest BCUT2D eigenvalue weighted by molar-refractivity contribution is 14.0. The van der Waals surface area contributed by atoms with Crippen LogP contribution in [-0.2, 0) is 37.2 Å². The Morgan fingerprint density at radius 3 is 3.10 bits per heavy atom. The van der Waals surface area contributed by atoms with E-state index in [1.54, 1.807) is 7.11 Å². The van der Waals surface area contributed by atoms with Crippen molar-refractivity contribution in [2.24, 2.45) is 4.99 Å². The van der Waals surface area contributed by atoms with Crippen molar-refractivity contribution in [2.45, 2.75) is 44.9 Å². The van der Waals surface area contributed by atoms with E-state index in [4.69, 9.17) is 9.47 Å². The van der Waals surface area contributed by atoms with Gasteiger partial charge in [0.05, 0.1) is 13.2 Å². The minimum absolute atomic E-state index is 0. The van der Waals surface area contributed by atoms with Crippen LogP contribution in [0.1, 0.15) is 29.2 Å². The number of hydrogen-bond donors (Lipinski definition) is 2. The standard InChI is InChI=1S/C20H28N6O2.HI/c1-21-20(22-9-7-14-3-5-17-15(11-14)8-10-28-17)23-16-4-6-19-24-18(13-27-2)25-26(19)12-16;/h3,5,11,16H,4,6-10,12-13H2,1-2H3,(H2,21,22,23);1H. The van der Waals surface area contributed by atoms with Crippen LogP contribution in [0.3, 0.4) is 0 Å². The second-order valence-electron chi connectivity index (χ2n) is 7.23. The lowest BCUT2D eigenvalue weighted by Gasteiger charge is -2.25. The number of ether oxygens (including phenoxy) is 2. The summed E-state index contributed by atoms with van der Waals surface area (Å²) in [4.78, 5) is 8.90. The maximum atomic E-state index is 5.57. The molecule has 1 unspecified atom stereocenters. The van der Waals surface area contributed by atoms with Gasteiger partial charge in [0.1, 0.15) is 18.2 Å². The molecule has 4 rings (SSSR count). The molecular formula is C20H29IN6O2. The van der Waals surface area contributed by atoms with Gasteiger partial charge in [-0.15, -0.1) is 24.0 Å². The maximum Gasteiger partial charge on any atom is 0.191 e. The van der Waals surface area contributed by atoms with E-state index in [1.807, 2.05) is 11.7 Å². The lowest BCUT2D eigenvalue weighted by molar-refractivity contribution is 0.177. The van der Waals surface area contributed by atoms with Gasteiger partial charge in [-0.05, 0) is 30.0 Å². The SMILES string of the molecule is CN=C(NCCc1ccc2c(c1)CCO2)NC1CCc2nc(COC)nn2C1.I. The molecule has 2 aromatic rings. The average Bonchev–Trinajstić information content (AvgIpc) is 3.32. The van der Waals surface area contributed by atoms with Gasteiger partial charge in [-0.25, -0.2) is 9.67 Å². The summed E-state index contributed by atoms with van der Waals surface area (Å²) in [7, 11) is 3.47. The normalized spacial score (nSPS) is 17.7. The molecule has 0 bridgehead atoms. The van der Waals surface area contributed by atoms with E-state index in [-0.39, 0.29) is 30.0 Å². The summed E-state index contributed by atoms with van der Waals surface area (Å²) >= 11 is 0. The molecule has 1 aromatic carbocycles.